The van der Waals surface area contributed by atoms with Crippen LogP contribution < -0.4 is 10.6 Å². The van der Waals surface area contributed by atoms with Gasteiger partial charge < -0.3 is 10.6 Å². The van der Waals surface area contributed by atoms with E-state index in [1.807, 2.05) is 37.3 Å². The maximum absolute atomic E-state index is 12.6. The molecule has 0 bridgehead atoms. The van der Waals surface area contributed by atoms with E-state index in [0.717, 1.165) is 35.1 Å². The minimum absolute atomic E-state index is 0.0235. The van der Waals surface area contributed by atoms with Gasteiger partial charge in [-0.05, 0) is 42.5 Å². The summed E-state index contributed by atoms with van der Waals surface area (Å²) >= 11 is 0. The molecule has 1 fully saturated rings. The molecule has 3 N–H and O–H groups in total. The molecule has 1 amide bonds. The summed E-state index contributed by atoms with van der Waals surface area (Å²) in [4.78, 5) is 12.6. The molecule has 1 aliphatic heterocycles. The van der Waals surface area contributed by atoms with Gasteiger partial charge in [0.2, 0.25) is 5.91 Å². The summed E-state index contributed by atoms with van der Waals surface area (Å²) in [5, 5.41) is 14.4. The van der Waals surface area contributed by atoms with Gasteiger partial charge in [-0.3, -0.25) is 9.89 Å². The summed E-state index contributed by atoms with van der Waals surface area (Å²) in [5.74, 6) is 0.411. The first kappa shape index (κ1) is 14.9. The number of aromatic amines is 1. The van der Waals surface area contributed by atoms with Gasteiger partial charge in [-0.1, -0.05) is 30.3 Å². The summed E-state index contributed by atoms with van der Waals surface area (Å²) in [6, 6.07) is 14.2. The highest BCUT2D eigenvalue weighted by molar-refractivity contribution is 5.97. The lowest BCUT2D eigenvalue weighted by atomic mass is 9.96. The van der Waals surface area contributed by atoms with Gasteiger partial charge in [0.15, 0.2) is 0 Å². The van der Waals surface area contributed by atoms with Crippen LogP contribution >= 0.6 is 0 Å². The predicted octanol–water partition coefficient (Wildman–Crippen LogP) is 2.96. The van der Waals surface area contributed by atoms with Crippen LogP contribution in [0.1, 0.15) is 23.5 Å². The van der Waals surface area contributed by atoms with E-state index in [4.69, 9.17) is 0 Å². The Morgan fingerprint density at radius 2 is 2.08 bits per heavy atom. The summed E-state index contributed by atoms with van der Waals surface area (Å²) in [7, 11) is 0. The molecular weight excluding hydrogens is 300 g/mol. The number of H-pyrrole nitrogens is 1. The van der Waals surface area contributed by atoms with Gasteiger partial charge in [0.1, 0.15) is 0 Å². The number of aryl methyl sites for hydroxylation is 1. The van der Waals surface area contributed by atoms with Crippen molar-refractivity contribution in [2.24, 2.45) is 0 Å². The number of anilines is 1. The maximum Gasteiger partial charge on any atom is 0.241 e. The van der Waals surface area contributed by atoms with E-state index < -0.39 is 0 Å². The second kappa shape index (κ2) is 6.09. The van der Waals surface area contributed by atoms with Crippen LogP contribution in [0.25, 0.3) is 10.9 Å². The highest BCUT2D eigenvalue weighted by atomic mass is 16.2. The number of fused-ring (bicyclic) bond motifs is 1. The molecule has 1 saturated heterocycles. The molecule has 0 unspecified atom stereocenters. The number of carbonyl (C=O) groups is 1. The minimum atomic E-state index is -0.160. The van der Waals surface area contributed by atoms with Gasteiger partial charge in [0.25, 0.3) is 0 Å². The fourth-order valence-electron chi connectivity index (χ4n) is 3.37. The van der Waals surface area contributed by atoms with Gasteiger partial charge in [-0.2, -0.15) is 5.10 Å². The van der Waals surface area contributed by atoms with Crippen LogP contribution in [0.5, 0.6) is 0 Å². The van der Waals surface area contributed by atoms with Gasteiger partial charge in [-0.25, -0.2) is 0 Å². The van der Waals surface area contributed by atoms with Crippen molar-refractivity contribution in [2.75, 3.05) is 11.9 Å². The van der Waals surface area contributed by atoms with E-state index >= 15 is 0 Å². The SMILES string of the molecule is Cc1cc2cn[nH]c2cc1NC(=O)[C@@H]1C[C@@H](c2ccccc2)CN1. The molecule has 122 valence electrons. The Balaban J connectivity index is 1.47. The van der Waals surface area contributed by atoms with E-state index in [0.29, 0.717) is 5.92 Å². The van der Waals surface area contributed by atoms with Crippen LogP contribution in [0.2, 0.25) is 0 Å². The molecule has 24 heavy (non-hydrogen) atoms. The average Bonchev–Trinajstić information content (AvgIpc) is 3.25. The standard InChI is InChI=1S/C19H20N4O/c1-12-7-15-11-21-23-17(15)9-16(12)22-19(24)18-8-14(10-20-18)13-5-3-2-4-6-13/h2-7,9,11,14,18,20H,8,10H2,1H3,(H,21,23)(H,22,24)/t14-,18+/m1/s1. The van der Waals surface area contributed by atoms with Crippen molar-refractivity contribution in [1.29, 1.82) is 0 Å². The van der Waals surface area contributed by atoms with E-state index in [9.17, 15) is 4.79 Å². The third kappa shape index (κ3) is 2.78. The molecule has 2 heterocycles. The van der Waals surface area contributed by atoms with Crippen molar-refractivity contribution >= 4 is 22.5 Å². The monoisotopic (exact) mass is 320 g/mol. The van der Waals surface area contributed by atoms with Crippen molar-refractivity contribution in [3.63, 3.8) is 0 Å². The van der Waals surface area contributed by atoms with Crippen molar-refractivity contribution in [2.45, 2.75) is 25.3 Å². The molecule has 5 heteroatoms. The zero-order chi connectivity index (χ0) is 16.5. The van der Waals surface area contributed by atoms with Gasteiger partial charge in [0.05, 0.1) is 17.8 Å². The lowest BCUT2D eigenvalue weighted by Crippen LogP contribution is -2.35. The average molecular weight is 320 g/mol. The number of nitrogens with zero attached hydrogens (tertiary/aromatic N) is 1. The largest absolute Gasteiger partial charge is 0.324 e. The van der Waals surface area contributed by atoms with Crippen molar-refractivity contribution in [1.82, 2.24) is 15.5 Å². The molecular formula is C19H20N4O. The van der Waals surface area contributed by atoms with Gasteiger partial charge in [0, 0.05) is 17.6 Å². The summed E-state index contributed by atoms with van der Waals surface area (Å²) in [5.41, 5.74) is 4.09. The number of rotatable bonds is 3. The Kier molecular flexibility index (Phi) is 3.78. The topological polar surface area (TPSA) is 69.8 Å². The highest BCUT2D eigenvalue weighted by Crippen LogP contribution is 2.27. The summed E-state index contributed by atoms with van der Waals surface area (Å²) in [6.07, 6.45) is 2.61. The molecule has 1 aromatic heterocycles. The summed E-state index contributed by atoms with van der Waals surface area (Å²) < 4.78 is 0. The van der Waals surface area contributed by atoms with Gasteiger partial charge in [-0.15, -0.1) is 0 Å². The quantitative estimate of drug-likeness (QED) is 0.695. The molecule has 5 nitrogen and oxygen atoms in total. The van der Waals surface area contributed by atoms with Crippen LogP contribution in [0.15, 0.2) is 48.7 Å². The number of hydrogen-bond acceptors (Lipinski definition) is 3. The molecule has 4 rings (SSSR count). The van der Waals surface area contributed by atoms with Crippen LogP contribution in [0.4, 0.5) is 5.69 Å². The molecule has 2 aromatic carbocycles. The molecule has 0 radical (unpaired) electrons. The van der Waals surface area contributed by atoms with Crippen LogP contribution in [0, 0.1) is 6.92 Å². The minimum Gasteiger partial charge on any atom is -0.324 e. The van der Waals surface area contributed by atoms with Crippen LogP contribution in [-0.2, 0) is 4.79 Å². The molecule has 0 aliphatic carbocycles. The Bertz CT molecular complexity index is 871. The third-order valence-electron chi connectivity index (χ3n) is 4.76. The second-order valence-corrected chi connectivity index (χ2v) is 6.42. The number of benzene rings is 2. The maximum atomic E-state index is 12.6. The Labute approximate surface area is 140 Å². The van der Waals surface area contributed by atoms with Gasteiger partial charge >= 0.3 is 0 Å². The van der Waals surface area contributed by atoms with Crippen molar-refractivity contribution in [3.8, 4) is 0 Å². The number of carbonyl (C=O) groups excluding carboxylic acids is 1. The third-order valence-corrected chi connectivity index (χ3v) is 4.76. The first-order valence-corrected chi connectivity index (χ1v) is 8.23. The zero-order valence-corrected chi connectivity index (χ0v) is 13.5. The lowest BCUT2D eigenvalue weighted by Gasteiger charge is -2.13. The fraction of sp³-hybridized carbons (Fsp3) is 0.263. The fourth-order valence-corrected chi connectivity index (χ4v) is 3.37. The normalized spacial score (nSPS) is 20.4. The van der Waals surface area contributed by atoms with Crippen molar-refractivity contribution < 1.29 is 4.79 Å². The van der Waals surface area contributed by atoms with Crippen molar-refractivity contribution in [3.05, 3.63) is 59.8 Å². The molecule has 0 spiro atoms. The molecule has 2 atom stereocenters. The molecule has 1 aliphatic rings. The Morgan fingerprint density at radius 1 is 1.25 bits per heavy atom. The smallest absolute Gasteiger partial charge is 0.241 e. The van der Waals surface area contributed by atoms with Crippen LogP contribution in [-0.4, -0.2) is 28.7 Å². The van der Waals surface area contributed by atoms with E-state index in [1.165, 1.54) is 5.56 Å². The van der Waals surface area contributed by atoms with E-state index in [2.05, 4.69) is 33.0 Å². The first-order chi connectivity index (χ1) is 11.7. The second-order valence-electron chi connectivity index (χ2n) is 6.42. The lowest BCUT2D eigenvalue weighted by molar-refractivity contribution is -0.117. The first-order valence-electron chi connectivity index (χ1n) is 8.23. The zero-order valence-electron chi connectivity index (χ0n) is 13.5. The molecule has 3 aromatic rings. The molecule has 0 saturated carbocycles. The Hall–Kier alpha value is -2.66. The van der Waals surface area contributed by atoms with Crippen LogP contribution in [0.3, 0.4) is 0 Å². The number of aromatic nitrogens is 2. The van der Waals surface area contributed by atoms with E-state index in [1.54, 1.807) is 6.20 Å². The summed E-state index contributed by atoms with van der Waals surface area (Å²) in [6.45, 7) is 2.83. The number of amides is 1. The Morgan fingerprint density at radius 3 is 2.92 bits per heavy atom. The predicted molar refractivity (Wildman–Crippen MR) is 95.1 cm³/mol. The van der Waals surface area contributed by atoms with E-state index in [-0.39, 0.29) is 11.9 Å². The highest BCUT2D eigenvalue weighted by Gasteiger charge is 2.30. The number of hydrogen-bond donors (Lipinski definition) is 3. The number of nitrogens with one attached hydrogen (secondary N) is 3.